The Morgan fingerprint density at radius 1 is 0.723 bits per heavy atom. The summed E-state index contributed by atoms with van der Waals surface area (Å²) in [5.74, 6) is -0.126. The number of hydrogen-bond donors (Lipinski definition) is 1. The molecule has 0 spiro atoms. The number of unbranched alkanes of at least 4 members (excludes halogenated alkanes) is 4. The summed E-state index contributed by atoms with van der Waals surface area (Å²) in [4.78, 5) is 35.4. The van der Waals surface area contributed by atoms with Crippen LogP contribution in [0.25, 0.3) is 11.1 Å². The highest BCUT2D eigenvalue weighted by atomic mass is 19.1. The molecule has 0 amide bonds. The van der Waals surface area contributed by atoms with Gasteiger partial charge in [0.2, 0.25) is 0 Å². The fraction of sp³-hybridized carbons (Fsp3) is 0.324. The molecule has 0 radical (unpaired) electrons. The minimum absolute atomic E-state index is 0.0434. The SMILES string of the molecule is C=CC(=O)OCCCCOc1ccc2c(c1)C(F)c1cc(C(=O)Oc3ccc(OCCCCCCOC(=O)C(=C)CO)cc3)ccc1-2. The van der Waals surface area contributed by atoms with Gasteiger partial charge in [-0.15, -0.1) is 0 Å². The number of alkyl halides is 1. The number of carbonyl (C=O) groups excluding carboxylic acids is 3. The van der Waals surface area contributed by atoms with Gasteiger partial charge in [-0.25, -0.2) is 18.8 Å². The topological polar surface area (TPSA) is 118 Å². The van der Waals surface area contributed by atoms with Gasteiger partial charge in [0.15, 0.2) is 6.17 Å². The smallest absolute Gasteiger partial charge is 0.343 e. The Hall–Kier alpha value is -4.96. The van der Waals surface area contributed by atoms with Gasteiger partial charge in [0.1, 0.15) is 17.2 Å². The largest absolute Gasteiger partial charge is 0.494 e. The van der Waals surface area contributed by atoms with Gasteiger partial charge in [0, 0.05) is 11.6 Å². The zero-order valence-corrected chi connectivity index (χ0v) is 26.2. The van der Waals surface area contributed by atoms with Gasteiger partial charge < -0.3 is 28.8 Å². The van der Waals surface area contributed by atoms with Crippen molar-refractivity contribution in [3.63, 3.8) is 0 Å². The molecule has 47 heavy (non-hydrogen) atoms. The lowest BCUT2D eigenvalue weighted by molar-refractivity contribution is -0.140. The Labute approximate surface area is 273 Å². The van der Waals surface area contributed by atoms with E-state index in [1.54, 1.807) is 48.5 Å². The van der Waals surface area contributed by atoms with Crippen LogP contribution in [-0.4, -0.2) is 56.0 Å². The second kappa shape index (κ2) is 17.7. The molecule has 0 aromatic heterocycles. The van der Waals surface area contributed by atoms with E-state index in [-0.39, 0.29) is 24.4 Å². The molecule has 1 N–H and O–H groups in total. The molecule has 0 aliphatic heterocycles. The number of carbonyl (C=O) groups is 3. The maximum atomic E-state index is 15.6. The Morgan fingerprint density at radius 2 is 1.28 bits per heavy atom. The molecule has 248 valence electrons. The maximum Gasteiger partial charge on any atom is 0.343 e. The predicted molar refractivity (Wildman–Crippen MR) is 173 cm³/mol. The van der Waals surface area contributed by atoms with Gasteiger partial charge in [-0.1, -0.05) is 25.3 Å². The molecule has 1 unspecified atom stereocenters. The van der Waals surface area contributed by atoms with E-state index in [4.69, 9.17) is 28.8 Å². The summed E-state index contributed by atoms with van der Waals surface area (Å²) in [6.07, 6.45) is 4.29. The lowest BCUT2D eigenvalue weighted by Gasteiger charge is -2.09. The molecule has 0 saturated carbocycles. The summed E-state index contributed by atoms with van der Waals surface area (Å²) in [6, 6.07) is 16.9. The minimum atomic E-state index is -1.42. The number of aliphatic hydroxyl groups is 1. The normalized spacial score (nSPS) is 12.8. The van der Waals surface area contributed by atoms with Crippen molar-refractivity contribution in [2.75, 3.05) is 33.0 Å². The lowest BCUT2D eigenvalue weighted by Crippen LogP contribution is -2.10. The molecular formula is C37H39FO9. The van der Waals surface area contributed by atoms with Crippen LogP contribution in [0.2, 0.25) is 0 Å². The Kier molecular flexibility index (Phi) is 13.1. The fourth-order valence-corrected chi connectivity index (χ4v) is 4.87. The van der Waals surface area contributed by atoms with Gasteiger partial charge in [-0.2, -0.15) is 0 Å². The van der Waals surface area contributed by atoms with Crippen LogP contribution >= 0.6 is 0 Å². The Bertz CT molecular complexity index is 1560. The van der Waals surface area contributed by atoms with Crippen LogP contribution in [0, 0.1) is 0 Å². The molecule has 0 heterocycles. The van der Waals surface area contributed by atoms with Gasteiger partial charge in [-0.3, -0.25) is 0 Å². The van der Waals surface area contributed by atoms with Crippen molar-refractivity contribution in [1.29, 1.82) is 0 Å². The molecule has 3 aromatic carbocycles. The third-order valence-corrected chi connectivity index (χ3v) is 7.42. The van der Waals surface area contributed by atoms with Crippen LogP contribution in [0.4, 0.5) is 4.39 Å². The first-order chi connectivity index (χ1) is 22.8. The molecule has 1 aliphatic rings. The number of fused-ring (bicyclic) bond motifs is 3. The molecule has 1 aliphatic carbocycles. The quantitative estimate of drug-likeness (QED) is 0.0645. The number of hydrogen-bond acceptors (Lipinski definition) is 9. The molecule has 10 heteroatoms. The minimum Gasteiger partial charge on any atom is -0.494 e. The lowest BCUT2D eigenvalue weighted by atomic mass is 10.0. The highest BCUT2D eigenvalue weighted by Crippen LogP contribution is 2.47. The number of esters is 3. The van der Waals surface area contributed by atoms with Gasteiger partial charge >= 0.3 is 17.9 Å². The zero-order chi connectivity index (χ0) is 33.6. The van der Waals surface area contributed by atoms with E-state index in [9.17, 15) is 14.4 Å². The highest BCUT2D eigenvalue weighted by Gasteiger charge is 2.30. The van der Waals surface area contributed by atoms with Crippen LogP contribution in [0.15, 0.2) is 85.5 Å². The fourth-order valence-electron chi connectivity index (χ4n) is 4.87. The molecule has 9 nitrogen and oxygen atoms in total. The summed E-state index contributed by atoms with van der Waals surface area (Å²) < 4.78 is 42.6. The molecule has 4 rings (SSSR count). The Morgan fingerprint density at radius 3 is 1.98 bits per heavy atom. The van der Waals surface area contributed by atoms with E-state index < -0.39 is 30.7 Å². The third kappa shape index (κ3) is 10.0. The summed E-state index contributed by atoms with van der Waals surface area (Å²) >= 11 is 0. The highest BCUT2D eigenvalue weighted by molar-refractivity contribution is 5.93. The summed E-state index contributed by atoms with van der Waals surface area (Å²) in [5, 5.41) is 8.85. The molecule has 3 aromatic rings. The van der Waals surface area contributed by atoms with Crippen molar-refractivity contribution in [3.05, 3.63) is 102 Å². The van der Waals surface area contributed by atoms with Gasteiger partial charge in [0.25, 0.3) is 0 Å². The first kappa shape index (κ1) is 34.9. The van der Waals surface area contributed by atoms with E-state index >= 15 is 4.39 Å². The average molecular weight is 647 g/mol. The van der Waals surface area contributed by atoms with E-state index in [0.29, 0.717) is 66.4 Å². The Balaban J connectivity index is 1.20. The zero-order valence-electron chi connectivity index (χ0n) is 26.2. The molecule has 0 saturated heterocycles. The summed E-state index contributed by atoms with van der Waals surface area (Å²) in [6.45, 7) is 7.82. The van der Waals surface area contributed by atoms with Crippen LogP contribution in [0.5, 0.6) is 17.2 Å². The second-order valence-corrected chi connectivity index (χ2v) is 10.9. The summed E-state index contributed by atoms with van der Waals surface area (Å²) in [5.41, 5.74) is 2.62. The molecule has 0 fully saturated rings. The van der Waals surface area contributed by atoms with Crippen molar-refractivity contribution < 1.29 is 47.6 Å². The van der Waals surface area contributed by atoms with E-state index in [1.165, 1.54) is 6.07 Å². The van der Waals surface area contributed by atoms with Crippen LogP contribution in [0.3, 0.4) is 0 Å². The monoisotopic (exact) mass is 646 g/mol. The van der Waals surface area contributed by atoms with E-state index in [1.807, 2.05) is 6.07 Å². The van der Waals surface area contributed by atoms with E-state index in [2.05, 4.69) is 13.2 Å². The van der Waals surface area contributed by atoms with Crippen molar-refractivity contribution in [1.82, 2.24) is 0 Å². The molecular weight excluding hydrogens is 607 g/mol. The van der Waals surface area contributed by atoms with E-state index in [0.717, 1.165) is 30.9 Å². The van der Waals surface area contributed by atoms with Crippen molar-refractivity contribution in [3.8, 4) is 28.4 Å². The van der Waals surface area contributed by atoms with Gasteiger partial charge in [-0.05, 0) is 104 Å². The molecule has 1 atom stereocenters. The number of aliphatic hydroxyl groups excluding tert-OH is 1. The predicted octanol–water partition coefficient (Wildman–Crippen LogP) is 6.86. The average Bonchev–Trinajstić information content (AvgIpc) is 3.37. The van der Waals surface area contributed by atoms with Gasteiger partial charge in [0.05, 0.1) is 44.2 Å². The van der Waals surface area contributed by atoms with Crippen molar-refractivity contribution in [2.24, 2.45) is 0 Å². The summed E-state index contributed by atoms with van der Waals surface area (Å²) in [7, 11) is 0. The van der Waals surface area contributed by atoms with Crippen molar-refractivity contribution >= 4 is 17.9 Å². The second-order valence-electron chi connectivity index (χ2n) is 10.9. The number of halogens is 1. The van der Waals surface area contributed by atoms with Crippen LogP contribution < -0.4 is 14.2 Å². The van der Waals surface area contributed by atoms with Crippen LogP contribution in [-0.2, 0) is 19.1 Å². The number of rotatable bonds is 19. The first-order valence-electron chi connectivity index (χ1n) is 15.6. The van der Waals surface area contributed by atoms with Crippen LogP contribution in [0.1, 0.15) is 66.2 Å². The number of benzene rings is 3. The first-order valence-corrected chi connectivity index (χ1v) is 15.6. The third-order valence-electron chi connectivity index (χ3n) is 7.42. The maximum absolute atomic E-state index is 15.6. The standard InChI is InChI=1S/C37H39FO9/c1-3-34(40)45-20-9-8-19-44-29-15-17-31-30-16-10-26(22-32(30)35(38)33(31)23-29)37(42)47-28-13-11-27(12-14-28)43-18-6-4-5-7-21-46-36(41)25(2)24-39/h3,10-17,22-23,35,39H,1-2,4-9,18-21,24H2. The molecule has 0 bridgehead atoms. The number of ether oxygens (including phenoxy) is 5. The van der Waals surface area contributed by atoms with Crippen molar-refractivity contribution in [2.45, 2.75) is 44.7 Å².